The smallest absolute Gasteiger partial charge is 0.0935 e. The second-order valence-corrected chi connectivity index (χ2v) is 4.25. The molecule has 0 radical (unpaired) electrons. The van der Waals surface area contributed by atoms with Gasteiger partial charge in [-0.3, -0.25) is 0 Å². The summed E-state index contributed by atoms with van der Waals surface area (Å²) in [5, 5.41) is 13.0. The lowest BCUT2D eigenvalue weighted by atomic mass is 9.89. The molecule has 3 nitrogen and oxygen atoms in total. The normalized spacial score (nSPS) is 18.5. The van der Waals surface area contributed by atoms with Crippen LogP contribution in [0.1, 0.15) is 11.1 Å². The van der Waals surface area contributed by atoms with Gasteiger partial charge in [0.2, 0.25) is 0 Å². The van der Waals surface area contributed by atoms with Crippen molar-refractivity contribution in [3.8, 4) is 0 Å². The van der Waals surface area contributed by atoms with Gasteiger partial charge in [-0.15, -0.1) is 0 Å². The van der Waals surface area contributed by atoms with Crippen LogP contribution in [0.3, 0.4) is 0 Å². The molecule has 3 heteroatoms. The topological polar surface area (TPSA) is 41.5 Å². The summed E-state index contributed by atoms with van der Waals surface area (Å²) in [5.74, 6) is 0. The van der Waals surface area contributed by atoms with Crippen LogP contribution < -0.4 is 5.32 Å². The molecule has 2 N–H and O–H groups in total. The number of hydrogen-bond donors (Lipinski definition) is 2. The molecule has 1 fully saturated rings. The molecule has 1 saturated heterocycles. The highest BCUT2D eigenvalue weighted by Crippen LogP contribution is 2.18. The highest BCUT2D eigenvalue weighted by atomic mass is 16.5. The van der Waals surface area contributed by atoms with Gasteiger partial charge in [-0.05, 0) is 11.1 Å². The van der Waals surface area contributed by atoms with Gasteiger partial charge in [0.1, 0.15) is 0 Å². The molecule has 15 heavy (non-hydrogen) atoms. The van der Waals surface area contributed by atoms with Crippen LogP contribution in [-0.2, 0) is 17.8 Å². The Hall–Kier alpha value is -0.900. The number of methoxy groups -OCH3 is 1. The maximum absolute atomic E-state index is 9.95. The molecule has 82 valence electrons. The zero-order valence-electron chi connectivity index (χ0n) is 8.99. The van der Waals surface area contributed by atoms with Crippen LogP contribution in [0.25, 0.3) is 0 Å². The van der Waals surface area contributed by atoms with Crippen LogP contribution in [0.5, 0.6) is 0 Å². The summed E-state index contributed by atoms with van der Waals surface area (Å²) in [5.41, 5.74) is 1.82. The molecule has 0 aromatic heterocycles. The second-order valence-electron chi connectivity index (χ2n) is 4.25. The third-order valence-corrected chi connectivity index (χ3v) is 2.78. The van der Waals surface area contributed by atoms with Crippen molar-refractivity contribution in [3.05, 3.63) is 35.4 Å². The van der Waals surface area contributed by atoms with E-state index in [1.54, 1.807) is 7.11 Å². The van der Waals surface area contributed by atoms with Crippen LogP contribution in [0, 0.1) is 0 Å². The quantitative estimate of drug-likeness (QED) is 0.764. The van der Waals surface area contributed by atoms with Crippen molar-refractivity contribution in [1.82, 2.24) is 5.32 Å². The maximum Gasteiger partial charge on any atom is 0.0935 e. The fourth-order valence-electron chi connectivity index (χ4n) is 1.84. The molecule has 1 aliphatic rings. The number of hydrogen-bond acceptors (Lipinski definition) is 3. The van der Waals surface area contributed by atoms with Gasteiger partial charge in [0.25, 0.3) is 0 Å². The molecule has 0 amide bonds. The summed E-state index contributed by atoms with van der Waals surface area (Å²) in [4.78, 5) is 0. The number of benzene rings is 1. The van der Waals surface area contributed by atoms with Crippen molar-refractivity contribution in [2.24, 2.45) is 0 Å². The molecule has 0 spiro atoms. The van der Waals surface area contributed by atoms with E-state index in [0.29, 0.717) is 19.7 Å². The molecule has 2 rings (SSSR count). The van der Waals surface area contributed by atoms with E-state index >= 15 is 0 Å². The largest absolute Gasteiger partial charge is 0.387 e. The van der Waals surface area contributed by atoms with E-state index in [-0.39, 0.29) is 0 Å². The van der Waals surface area contributed by atoms with Crippen molar-refractivity contribution in [2.75, 3.05) is 20.2 Å². The third-order valence-electron chi connectivity index (χ3n) is 2.78. The summed E-state index contributed by atoms with van der Waals surface area (Å²) in [6.45, 7) is 2.05. The molecule has 0 bridgehead atoms. The first kappa shape index (κ1) is 10.6. The molecule has 0 aliphatic carbocycles. The highest BCUT2D eigenvalue weighted by Gasteiger charge is 2.33. The molecular weight excluding hydrogens is 190 g/mol. The maximum atomic E-state index is 9.95. The van der Waals surface area contributed by atoms with Crippen molar-refractivity contribution in [1.29, 1.82) is 0 Å². The number of nitrogens with one attached hydrogen (secondary N) is 1. The van der Waals surface area contributed by atoms with E-state index in [0.717, 1.165) is 6.42 Å². The Labute approximate surface area is 90.1 Å². The lowest BCUT2D eigenvalue weighted by molar-refractivity contribution is -0.00902. The van der Waals surface area contributed by atoms with Crippen molar-refractivity contribution in [3.63, 3.8) is 0 Å². The Bertz CT molecular complexity index is 317. The fourth-order valence-corrected chi connectivity index (χ4v) is 1.84. The van der Waals surface area contributed by atoms with Crippen molar-refractivity contribution in [2.45, 2.75) is 18.6 Å². The van der Waals surface area contributed by atoms with Crippen LogP contribution in [0.2, 0.25) is 0 Å². The number of β-amino-alcohol motifs (C(OH)–C–C–N with tert-alkyl or cyclic N) is 1. The van der Waals surface area contributed by atoms with Crippen molar-refractivity contribution >= 4 is 0 Å². The van der Waals surface area contributed by atoms with Crippen LogP contribution in [0.15, 0.2) is 24.3 Å². The second kappa shape index (κ2) is 4.31. The Balaban J connectivity index is 1.97. The summed E-state index contributed by atoms with van der Waals surface area (Å²) >= 11 is 0. The van der Waals surface area contributed by atoms with Gasteiger partial charge in [0.15, 0.2) is 0 Å². The fraction of sp³-hybridized carbons (Fsp3) is 0.500. The minimum Gasteiger partial charge on any atom is -0.387 e. The molecular formula is C12H17NO2. The molecule has 0 saturated carbocycles. The monoisotopic (exact) mass is 207 g/mol. The first-order valence-corrected chi connectivity index (χ1v) is 5.22. The van der Waals surface area contributed by atoms with Gasteiger partial charge in [-0.25, -0.2) is 0 Å². The Morgan fingerprint density at radius 2 is 1.87 bits per heavy atom. The van der Waals surface area contributed by atoms with Crippen LogP contribution in [-0.4, -0.2) is 30.9 Å². The van der Waals surface area contributed by atoms with E-state index in [1.165, 1.54) is 11.1 Å². The SMILES string of the molecule is COCc1ccc(CC2(O)CNC2)cc1. The average Bonchev–Trinajstić information content (AvgIpc) is 2.19. The van der Waals surface area contributed by atoms with Crippen LogP contribution >= 0.6 is 0 Å². The lowest BCUT2D eigenvalue weighted by Gasteiger charge is -2.37. The van der Waals surface area contributed by atoms with Crippen LogP contribution in [0.4, 0.5) is 0 Å². The molecule has 0 atom stereocenters. The van der Waals surface area contributed by atoms with E-state index in [2.05, 4.69) is 17.4 Å². The average molecular weight is 207 g/mol. The molecule has 1 aromatic carbocycles. The molecule has 1 aliphatic heterocycles. The van der Waals surface area contributed by atoms with Crippen molar-refractivity contribution < 1.29 is 9.84 Å². The minimum atomic E-state index is -0.525. The van der Waals surface area contributed by atoms with E-state index < -0.39 is 5.60 Å². The van der Waals surface area contributed by atoms with Gasteiger partial charge >= 0.3 is 0 Å². The summed E-state index contributed by atoms with van der Waals surface area (Å²) < 4.78 is 5.04. The number of rotatable bonds is 4. The Kier molecular flexibility index (Phi) is 3.05. The van der Waals surface area contributed by atoms with Gasteiger partial charge in [-0.2, -0.15) is 0 Å². The summed E-state index contributed by atoms with van der Waals surface area (Å²) in [7, 11) is 1.69. The van der Waals surface area contributed by atoms with Gasteiger partial charge < -0.3 is 15.2 Å². The van der Waals surface area contributed by atoms with E-state index in [9.17, 15) is 5.11 Å². The molecule has 1 aromatic rings. The number of aliphatic hydroxyl groups is 1. The van der Waals surface area contributed by atoms with Gasteiger partial charge in [0, 0.05) is 26.6 Å². The predicted octanol–water partition coefficient (Wildman–Crippen LogP) is 0.710. The predicted molar refractivity (Wildman–Crippen MR) is 58.7 cm³/mol. The lowest BCUT2D eigenvalue weighted by Crippen LogP contribution is -2.60. The highest BCUT2D eigenvalue weighted by molar-refractivity contribution is 5.24. The van der Waals surface area contributed by atoms with E-state index in [1.807, 2.05) is 12.1 Å². The third kappa shape index (κ3) is 2.56. The first-order chi connectivity index (χ1) is 7.22. The first-order valence-electron chi connectivity index (χ1n) is 5.22. The number of ether oxygens (including phenoxy) is 1. The zero-order valence-corrected chi connectivity index (χ0v) is 8.99. The molecule has 0 unspecified atom stereocenters. The summed E-state index contributed by atoms with van der Waals surface area (Å²) in [6.07, 6.45) is 0.729. The van der Waals surface area contributed by atoms with Gasteiger partial charge in [-0.1, -0.05) is 24.3 Å². The van der Waals surface area contributed by atoms with Gasteiger partial charge in [0.05, 0.1) is 12.2 Å². The minimum absolute atomic E-state index is 0.525. The summed E-state index contributed by atoms with van der Waals surface area (Å²) in [6, 6.07) is 8.22. The van der Waals surface area contributed by atoms with E-state index in [4.69, 9.17) is 4.74 Å². The molecule has 1 heterocycles. The Morgan fingerprint density at radius 1 is 1.27 bits per heavy atom. The standard InChI is InChI=1S/C12H17NO2/c1-15-7-11-4-2-10(3-5-11)6-12(14)8-13-9-12/h2-5,13-14H,6-9H2,1H3. The zero-order chi connectivity index (χ0) is 10.7. The Morgan fingerprint density at radius 3 is 2.33 bits per heavy atom.